The maximum absolute atomic E-state index is 14.1. The van der Waals surface area contributed by atoms with Crippen LogP contribution >= 0.6 is 0 Å². The van der Waals surface area contributed by atoms with Crippen LogP contribution in [0.4, 0.5) is 4.39 Å². The van der Waals surface area contributed by atoms with Crippen LogP contribution in [0.3, 0.4) is 0 Å². The second-order valence-corrected chi connectivity index (χ2v) is 6.67. The number of rotatable bonds is 3. The summed E-state index contributed by atoms with van der Waals surface area (Å²) in [6.45, 7) is 1.70. The van der Waals surface area contributed by atoms with Crippen LogP contribution in [0.15, 0.2) is 24.4 Å². The number of methoxy groups -OCH3 is 1. The molecule has 1 atom stereocenters. The Balaban J connectivity index is 1.92. The van der Waals surface area contributed by atoms with Crippen molar-refractivity contribution in [3.8, 4) is 0 Å². The third-order valence-electron chi connectivity index (χ3n) is 5.29. The molecule has 0 bridgehead atoms. The molecule has 5 heteroatoms. The minimum Gasteiger partial charge on any atom is -0.468 e. The number of aryl methyl sites for hydroxylation is 1. The average molecular weight is 326 g/mol. The molecule has 2 aliphatic rings. The number of nitrogens with zero attached hydrogens (tertiary/aromatic N) is 2. The zero-order valence-electron chi connectivity index (χ0n) is 13.8. The molecular formula is C19H19FN2O2. The van der Waals surface area contributed by atoms with Gasteiger partial charge in [-0.15, -0.1) is 0 Å². The SMILES string of the molecule is COC(=O)[C@]1(c2cccc(F)c2C)CCc2nc(C3CC3)ncc21. The van der Waals surface area contributed by atoms with Gasteiger partial charge in [-0.3, -0.25) is 4.79 Å². The van der Waals surface area contributed by atoms with Gasteiger partial charge in [0.25, 0.3) is 0 Å². The Morgan fingerprint density at radius 1 is 1.33 bits per heavy atom. The van der Waals surface area contributed by atoms with E-state index in [1.807, 2.05) is 0 Å². The fourth-order valence-corrected chi connectivity index (χ4v) is 3.80. The highest BCUT2D eigenvalue weighted by molar-refractivity contribution is 5.89. The summed E-state index contributed by atoms with van der Waals surface area (Å²) in [7, 11) is 1.37. The second kappa shape index (κ2) is 5.36. The second-order valence-electron chi connectivity index (χ2n) is 6.67. The van der Waals surface area contributed by atoms with Crippen LogP contribution in [0, 0.1) is 12.7 Å². The molecule has 1 aromatic heterocycles. The predicted molar refractivity (Wildman–Crippen MR) is 86.3 cm³/mol. The molecule has 1 saturated carbocycles. The highest BCUT2D eigenvalue weighted by atomic mass is 19.1. The van der Waals surface area contributed by atoms with Crippen molar-refractivity contribution in [1.29, 1.82) is 0 Å². The van der Waals surface area contributed by atoms with E-state index in [1.54, 1.807) is 25.3 Å². The third kappa shape index (κ3) is 2.07. The lowest BCUT2D eigenvalue weighted by molar-refractivity contribution is -0.145. The van der Waals surface area contributed by atoms with Crippen molar-refractivity contribution in [1.82, 2.24) is 9.97 Å². The summed E-state index contributed by atoms with van der Waals surface area (Å²) in [5, 5.41) is 0. The molecule has 1 heterocycles. The molecule has 1 aromatic carbocycles. The van der Waals surface area contributed by atoms with Crippen molar-refractivity contribution in [3.63, 3.8) is 0 Å². The van der Waals surface area contributed by atoms with E-state index >= 15 is 0 Å². The van der Waals surface area contributed by atoms with Gasteiger partial charge in [-0.25, -0.2) is 14.4 Å². The van der Waals surface area contributed by atoms with Gasteiger partial charge in [0.1, 0.15) is 17.1 Å². The number of ether oxygens (including phenoxy) is 1. The summed E-state index contributed by atoms with van der Waals surface area (Å²) in [5.41, 5.74) is 1.75. The first-order valence-corrected chi connectivity index (χ1v) is 8.28. The van der Waals surface area contributed by atoms with E-state index in [0.29, 0.717) is 29.9 Å². The van der Waals surface area contributed by atoms with Crippen molar-refractivity contribution in [3.05, 3.63) is 58.4 Å². The Morgan fingerprint density at radius 3 is 2.83 bits per heavy atom. The summed E-state index contributed by atoms with van der Waals surface area (Å²) in [6.07, 6.45) is 5.21. The Bertz CT molecular complexity index is 832. The van der Waals surface area contributed by atoms with Gasteiger partial charge in [-0.2, -0.15) is 0 Å². The number of benzene rings is 1. The van der Waals surface area contributed by atoms with Crippen LogP contribution in [0.25, 0.3) is 0 Å². The highest BCUT2D eigenvalue weighted by Gasteiger charge is 2.50. The van der Waals surface area contributed by atoms with Crippen LogP contribution in [-0.2, 0) is 21.4 Å². The van der Waals surface area contributed by atoms with Crippen LogP contribution in [-0.4, -0.2) is 23.0 Å². The smallest absolute Gasteiger partial charge is 0.320 e. The fraction of sp³-hybridized carbons (Fsp3) is 0.421. The number of aromatic nitrogens is 2. The standard InChI is InChI=1S/C19H19FN2O2/c1-11-13(4-3-5-15(11)20)19(18(23)24-2)9-8-16-14(19)10-21-17(22-16)12-6-7-12/h3-5,10,12H,6-9H2,1-2H3/t19-/m0/s1. The van der Waals surface area contributed by atoms with Crippen LogP contribution in [0.1, 0.15) is 53.4 Å². The van der Waals surface area contributed by atoms with Crippen molar-refractivity contribution in [2.75, 3.05) is 7.11 Å². The van der Waals surface area contributed by atoms with E-state index in [4.69, 9.17) is 9.72 Å². The Hall–Kier alpha value is -2.30. The summed E-state index contributed by atoms with van der Waals surface area (Å²) in [4.78, 5) is 22.0. The summed E-state index contributed by atoms with van der Waals surface area (Å²) >= 11 is 0. The van der Waals surface area contributed by atoms with Crippen LogP contribution < -0.4 is 0 Å². The zero-order chi connectivity index (χ0) is 16.9. The largest absolute Gasteiger partial charge is 0.468 e. The van der Waals surface area contributed by atoms with Gasteiger partial charge in [-0.1, -0.05) is 12.1 Å². The monoisotopic (exact) mass is 326 g/mol. The maximum Gasteiger partial charge on any atom is 0.320 e. The molecule has 0 radical (unpaired) electrons. The molecule has 124 valence electrons. The normalized spacial score (nSPS) is 22.3. The van der Waals surface area contributed by atoms with Gasteiger partial charge in [0, 0.05) is 23.4 Å². The van der Waals surface area contributed by atoms with E-state index in [0.717, 1.165) is 29.9 Å². The predicted octanol–water partition coefficient (Wildman–Crippen LogP) is 3.21. The lowest BCUT2D eigenvalue weighted by atomic mass is 9.74. The molecule has 4 nitrogen and oxygen atoms in total. The molecule has 0 amide bonds. The third-order valence-corrected chi connectivity index (χ3v) is 5.29. The van der Waals surface area contributed by atoms with Gasteiger partial charge in [0.15, 0.2) is 0 Å². The molecule has 0 saturated heterocycles. The average Bonchev–Trinajstić information content (AvgIpc) is 3.38. The lowest BCUT2D eigenvalue weighted by Gasteiger charge is -2.29. The molecule has 0 unspecified atom stereocenters. The van der Waals surface area contributed by atoms with Crippen molar-refractivity contribution >= 4 is 5.97 Å². The number of fused-ring (bicyclic) bond motifs is 1. The Morgan fingerprint density at radius 2 is 2.12 bits per heavy atom. The molecular weight excluding hydrogens is 307 g/mol. The number of carbonyl (C=O) groups excluding carboxylic acids is 1. The number of halogens is 1. The maximum atomic E-state index is 14.1. The Kier molecular flexibility index (Phi) is 3.41. The minimum atomic E-state index is -1.02. The van der Waals surface area contributed by atoms with Crippen molar-refractivity contribution in [2.24, 2.45) is 0 Å². The first kappa shape index (κ1) is 15.2. The van der Waals surface area contributed by atoms with Gasteiger partial charge in [0.05, 0.1) is 7.11 Å². The number of hydrogen-bond acceptors (Lipinski definition) is 4. The van der Waals surface area contributed by atoms with Gasteiger partial charge in [-0.05, 0) is 49.8 Å². The van der Waals surface area contributed by atoms with Gasteiger partial charge >= 0.3 is 5.97 Å². The van der Waals surface area contributed by atoms with E-state index in [9.17, 15) is 9.18 Å². The number of carbonyl (C=O) groups is 1. The summed E-state index contributed by atoms with van der Waals surface area (Å²) in [6, 6.07) is 4.85. The van der Waals surface area contributed by atoms with E-state index < -0.39 is 5.41 Å². The first-order valence-electron chi connectivity index (χ1n) is 8.28. The topological polar surface area (TPSA) is 52.1 Å². The quantitative estimate of drug-likeness (QED) is 0.813. The van der Waals surface area contributed by atoms with E-state index in [1.165, 1.54) is 13.2 Å². The molecule has 0 aliphatic heterocycles. The van der Waals surface area contributed by atoms with Crippen LogP contribution in [0.5, 0.6) is 0 Å². The van der Waals surface area contributed by atoms with Crippen LogP contribution in [0.2, 0.25) is 0 Å². The zero-order valence-corrected chi connectivity index (χ0v) is 13.8. The lowest BCUT2D eigenvalue weighted by Crippen LogP contribution is -2.37. The summed E-state index contributed by atoms with van der Waals surface area (Å²) < 4.78 is 19.3. The van der Waals surface area contributed by atoms with Gasteiger partial charge in [0.2, 0.25) is 0 Å². The highest BCUT2D eigenvalue weighted by Crippen LogP contribution is 2.47. The molecule has 0 spiro atoms. The summed E-state index contributed by atoms with van der Waals surface area (Å²) in [5.74, 6) is 0.627. The van der Waals surface area contributed by atoms with Crippen molar-refractivity contribution < 1.29 is 13.9 Å². The van der Waals surface area contributed by atoms with E-state index in [-0.39, 0.29) is 11.8 Å². The minimum absolute atomic E-state index is 0.320. The number of hydrogen-bond donors (Lipinski definition) is 0. The molecule has 4 rings (SSSR count). The van der Waals surface area contributed by atoms with Crippen molar-refractivity contribution in [2.45, 2.75) is 43.9 Å². The molecule has 2 aromatic rings. The molecule has 1 fully saturated rings. The van der Waals surface area contributed by atoms with E-state index in [2.05, 4.69) is 4.98 Å². The molecule has 2 aliphatic carbocycles. The number of esters is 1. The fourth-order valence-electron chi connectivity index (χ4n) is 3.80. The molecule has 0 N–H and O–H groups in total. The Labute approximate surface area is 140 Å². The molecule has 24 heavy (non-hydrogen) atoms. The van der Waals surface area contributed by atoms with Gasteiger partial charge < -0.3 is 4.74 Å². The first-order chi connectivity index (χ1) is 11.6.